The maximum absolute atomic E-state index is 12.2. The normalized spacial score (nSPS) is 12.2. The van der Waals surface area contributed by atoms with E-state index in [4.69, 9.17) is 5.73 Å². The van der Waals surface area contributed by atoms with Crippen molar-refractivity contribution in [3.05, 3.63) is 54.1 Å². The fourth-order valence-electron chi connectivity index (χ4n) is 2.10. The predicted molar refractivity (Wildman–Crippen MR) is 85.6 cm³/mol. The zero-order chi connectivity index (χ0) is 15.7. The van der Waals surface area contributed by atoms with Gasteiger partial charge in [-0.3, -0.25) is 0 Å². The second-order valence-electron chi connectivity index (χ2n) is 4.71. The number of rotatable bonds is 3. The molecular formula is C15H13N3O3S. The van der Waals surface area contributed by atoms with Gasteiger partial charge in [-0.2, -0.15) is 12.8 Å². The molecule has 3 aromatic rings. The zero-order valence-electron chi connectivity index (χ0n) is 11.4. The topological polar surface area (TPSA) is 109 Å². The van der Waals surface area contributed by atoms with E-state index in [-0.39, 0.29) is 10.8 Å². The fourth-order valence-corrected chi connectivity index (χ4v) is 2.95. The van der Waals surface area contributed by atoms with Crippen molar-refractivity contribution in [3.8, 4) is 5.88 Å². The van der Waals surface area contributed by atoms with Gasteiger partial charge in [-0.15, -0.1) is 0 Å². The van der Waals surface area contributed by atoms with Crippen LogP contribution in [-0.4, -0.2) is 24.7 Å². The van der Waals surface area contributed by atoms with E-state index in [1.54, 1.807) is 18.2 Å². The molecule has 6 nitrogen and oxygen atoms in total. The van der Waals surface area contributed by atoms with Gasteiger partial charge in [0.25, 0.3) is 10.0 Å². The van der Waals surface area contributed by atoms with Gasteiger partial charge >= 0.3 is 0 Å². The molecule has 0 bridgehead atoms. The van der Waals surface area contributed by atoms with E-state index >= 15 is 0 Å². The van der Waals surface area contributed by atoms with Crippen molar-refractivity contribution in [2.75, 3.05) is 5.73 Å². The Morgan fingerprint density at radius 3 is 2.50 bits per heavy atom. The lowest BCUT2D eigenvalue weighted by Crippen LogP contribution is -1.98. The molecule has 0 atom stereocenters. The molecule has 1 heterocycles. The number of nitrogens with zero attached hydrogens (tertiary/aromatic N) is 1. The summed E-state index contributed by atoms with van der Waals surface area (Å²) >= 11 is 0. The van der Waals surface area contributed by atoms with E-state index in [2.05, 4.69) is 9.38 Å². The largest absolute Gasteiger partial charge is 0.494 e. The Bertz CT molecular complexity index is 957. The number of benzene rings is 2. The number of nitrogens with two attached hydrogens (primary N) is 1. The highest BCUT2D eigenvalue weighted by Gasteiger charge is 2.13. The monoisotopic (exact) mass is 315 g/mol. The Morgan fingerprint density at radius 2 is 1.77 bits per heavy atom. The molecule has 0 fully saturated rings. The first-order chi connectivity index (χ1) is 10.5. The van der Waals surface area contributed by atoms with Crippen LogP contribution in [0.2, 0.25) is 0 Å². The van der Waals surface area contributed by atoms with Gasteiger partial charge in [0.2, 0.25) is 0 Å². The third-order valence-electron chi connectivity index (χ3n) is 3.22. The third kappa shape index (κ3) is 2.53. The molecule has 4 N–H and O–H groups in total. The molecule has 0 aliphatic heterocycles. The Hall–Kier alpha value is -2.80. The molecule has 0 aliphatic carbocycles. The minimum Gasteiger partial charge on any atom is -0.494 e. The smallest absolute Gasteiger partial charge is 0.282 e. The molecule has 112 valence electrons. The van der Waals surface area contributed by atoms with Crippen molar-refractivity contribution in [1.82, 2.24) is 4.98 Å². The Morgan fingerprint density at radius 1 is 1.09 bits per heavy atom. The lowest BCUT2D eigenvalue weighted by molar-refractivity contribution is 0.457. The number of nitrogen functional groups attached to an aromatic ring is 1. The van der Waals surface area contributed by atoms with Gasteiger partial charge in [-0.05, 0) is 30.3 Å². The van der Waals surface area contributed by atoms with Crippen molar-refractivity contribution in [2.24, 2.45) is 4.40 Å². The SMILES string of the molecule is Nc1ccc(S(=O)(=O)N=Cc2c(O)[nH]c3ccccc23)cc1. The molecule has 7 heteroatoms. The van der Waals surface area contributed by atoms with E-state index < -0.39 is 10.0 Å². The van der Waals surface area contributed by atoms with Gasteiger partial charge in [0.05, 0.1) is 16.7 Å². The molecule has 0 spiro atoms. The van der Waals surface area contributed by atoms with Crippen molar-refractivity contribution in [2.45, 2.75) is 4.90 Å². The van der Waals surface area contributed by atoms with Crippen molar-refractivity contribution >= 4 is 32.8 Å². The van der Waals surface area contributed by atoms with E-state index in [9.17, 15) is 13.5 Å². The summed E-state index contributed by atoms with van der Waals surface area (Å²) in [5.41, 5.74) is 7.03. The first-order valence-electron chi connectivity index (χ1n) is 6.43. The van der Waals surface area contributed by atoms with Crippen LogP contribution in [-0.2, 0) is 10.0 Å². The molecular weight excluding hydrogens is 302 g/mol. The standard InChI is InChI=1S/C15H13N3O3S/c16-10-5-7-11(8-6-10)22(20,21)17-9-13-12-3-1-2-4-14(12)18-15(13)19/h1-9,18-19H,16H2. The van der Waals surface area contributed by atoms with Crippen LogP contribution in [0.15, 0.2) is 57.8 Å². The van der Waals surface area contributed by atoms with Gasteiger partial charge in [-0.25, -0.2) is 0 Å². The molecule has 0 saturated heterocycles. The van der Waals surface area contributed by atoms with Crippen LogP contribution in [0.1, 0.15) is 5.56 Å². The third-order valence-corrected chi connectivity index (χ3v) is 4.47. The highest BCUT2D eigenvalue weighted by Crippen LogP contribution is 2.25. The number of hydrogen-bond acceptors (Lipinski definition) is 4. The maximum atomic E-state index is 12.2. The molecule has 2 aromatic carbocycles. The second-order valence-corrected chi connectivity index (χ2v) is 6.34. The quantitative estimate of drug-likeness (QED) is 0.509. The fraction of sp³-hybridized carbons (Fsp3) is 0. The lowest BCUT2D eigenvalue weighted by atomic mass is 10.2. The molecule has 0 radical (unpaired) electrons. The summed E-state index contributed by atoms with van der Waals surface area (Å²) in [6.07, 6.45) is 1.14. The van der Waals surface area contributed by atoms with E-state index in [0.717, 1.165) is 6.21 Å². The number of aromatic amines is 1. The second kappa shape index (κ2) is 5.19. The summed E-state index contributed by atoms with van der Waals surface area (Å²) in [7, 11) is -3.85. The molecule has 0 unspecified atom stereocenters. The van der Waals surface area contributed by atoms with Crippen molar-refractivity contribution in [3.63, 3.8) is 0 Å². The van der Waals surface area contributed by atoms with E-state index in [1.165, 1.54) is 24.3 Å². The van der Waals surface area contributed by atoms with Crippen LogP contribution < -0.4 is 5.73 Å². The lowest BCUT2D eigenvalue weighted by Gasteiger charge is -1.99. The number of anilines is 1. The van der Waals surface area contributed by atoms with E-state index in [0.29, 0.717) is 22.2 Å². The van der Waals surface area contributed by atoms with Gasteiger partial charge in [0.1, 0.15) is 0 Å². The van der Waals surface area contributed by atoms with Gasteiger partial charge in [-0.1, -0.05) is 18.2 Å². The van der Waals surface area contributed by atoms with Crippen molar-refractivity contribution < 1.29 is 13.5 Å². The number of aromatic hydroxyl groups is 1. The van der Waals surface area contributed by atoms with Crippen molar-refractivity contribution in [1.29, 1.82) is 0 Å². The van der Waals surface area contributed by atoms with Crippen LogP contribution in [0.5, 0.6) is 5.88 Å². The zero-order valence-corrected chi connectivity index (χ0v) is 12.2. The molecule has 0 saturated carbocycles. The highest BCUT2D eigenvalue weighted by molar-refractivity contribution is 7.90. The predicted octanol–water partition coefficient (Wildman–Crippen LogP) is 2.26. The number of hydrogen-bond donors (Lipinski definition) is 3. The molecule has 0 aliphatic rings. The Kier molecular flexibility index (Phi) is 3.34. The van der Waals surface area contributed by atoms with Crippen LogP contribution >= 0.6 is 0 Å². The van der Waals surface area contributed by atoms with Crippen LogP contribution in [0.25, 0.3) is 10.9 Å². The van der Waals surface area contributed by atoms with E-state index in [1.807, 2.05) is 6.07 Å². The molecule has 3 rings (SSSR count). The number of sulfonamides is 1. The summed E-state index contributed by atoms with van der Waals surface area (Å²) in [6.45, 7) is 0. The van der Waals surface area contributed by atoms with Gasteiger partial charge in [0.15, 0.2) is 5.88 Å². The highest BCUT2D eigenvalue weighted by atomic mass is 32.2. The summed E-state index contributed by atoms with van der Waals surface area (Å²) in [5.74, 6) is -0.127. The first-order valence-corrected chi connectivity index (χ1v) is 7.87. The van der Waals surface area contributed by atoms with Crippen LogP contribution in [0.3, 0.4) is 0 Å². The number of H-pyrrole nitrogens is 1. The summed E-state index contributed by atoms with van der Waals surface area (Å²) in [6, 6.07) is 12.9. The molecule has 0 amide bonds. The number of para-hydroxylation sites is 1. The van der Waals surface area contributed by atoms with Gasteiger partial charge < -0.3 is 15.8 Å². The molecule has 1 aromatic heterocycles. The summed E-state index contributed by atoms with van der Waals surface area (Å²) in [5, 5.41) is 10.6. The summed E-state index contributed by atoms with van der Waals surface area (Å²) < 4.78 is 27.9. The number of fused-ring (bicyclic) bond motifs is 1. The minimum absolute atomic E-state index is 0.0391. The van der Waals surface area contributed by atoms with Crippen LogP contribution in [0, 0.1) is 0 Å². The average Bonchev–Trinajstić information content (AvgIpc) is 2.81. The minimum atomic E-state index is -3.85. The number of nitrogens with one attached hydrogen (secondary N) is 1. The number of aromatic nitrogens is 1. The first kappa shape index (κ1) is 14.2. The van der Waals surface area contributed by atoms with Crippen LogP contribution in [0.4, 0.5) is 5.69 Å². The maximum Gasteiger partial charge on any atom is 0.282 e. The summed E-state index contributed by atoms with van der Waals surface area (Å²) in [4.78, 5) is 2.80. The Balaban J connectivity index is 2.02. The average molecular weight is 315 g/mol. The molecule has 22 heavy (non-hydrogen) atoms. The van der Waals surface area contributed by atoms with Gasteiger partial charge in [0, 0.05) is 16.6 Å². The Labute approximate surface area is 127 Å².